The van der Waals surface area contributed by atoms with E-state index >= 15 is 0 Å². The van der Waals surface area contributed by atoms with Gasteiger partial charge in [0, 0.05) is 24.4 Å². The van der Waals surface area contributed by atoms with Gasteiger partial charge in [0.25, 0.3) is 0 Å². The molecule has 156 valence electrons. The van der Waals surface area contributed by atoms with E-state index in [2.05, 4.69) is 10.3 Å². The molecule has 0 fully saturated rings. The number of hydrogen-bond donors (Lipinski definition) is 1. The highest BCUT2D eigenvalue weighted by atomic mass is 16.5. The fourth-order valence-electron chi connectivity index (χ4n) is 3.03. The zero-order valence-electron chi connectivity index (χ0n) is 17.5. The molecule has 3 aromatic rings. The average molecular weight is 405 g/mol. The molecule has 1 atom stereocenters. The van der Waals surface area contributed by atoms with Gasteiger partial charge >= 0.3 is 0 Å². The average Bonchev–Trinajstić information content (AvgIpc) is 2.77. The summed E-state index contributed by atoms with van der Waals surface area (Å²) in [6.45, 7) is 4.99. The van der Waals surface area contributed by atoms with Crippen molar-refractivity contribution in [3.63, 3.8) is 0 Å². The number of pyridine rings is 1. The predicted octanol–water partition coefficient (Wildman–Crippen LogP) is 5.01. The SMILES string of the molecule is Cc1ccccc1OCCCC(=O)NC(C)c1ccc(OCc2cccnc2)cc1. The molecular formula is C25H28N2O3. The van der Waals surface area contributed by atoms with Crippen LogP contribution in [0.4, 0.5) is 0 Å². The topological polar surface area (TPSA) is 60.5 Å². The first-order valence-electron chi connectivity index (χ1n) is 10.2. The first-order chi connectivity index (χ1) is 14.6. The number of aromatic nitrogens is 1. The Bertz CT molecular complexity index is 927. The molecule has 0 saturated carbocycles. The number of carbonyl (C=O) groups is 1. The quantitative estimate of drug-likeness (QED) is 0.483. The number of ether oxygens (including phenoxy) is 2. The van der Waals surface area contributed by atoms with Gasteiger partial charge in [-0.1, -0.05) is 36.4 Å². The zero-order valence-corrected chi connectivity index (χ0v) is 17.5. The highest BCUT2D eigenvalue weighted by Gasteiger charge is 2.10. The monoisotopic (exact) mass is 404 g/mol. The standard InChI is InChI=1S/C25H28N2O3/c1-19-7-3-4-9-24(19)29-16-6-10-25(28)27-20(2)22-11-13-23(14-12-22)30-18-21-8-5-15-26-17-21/h3-5,7-9,11-15,17,20H,6,10,16,18H2,1-2H3,(H,27,28). The molecule has 0 aliphatic rings. The minimum atomic E-state index is -0.0674. The molecule has 2 aromatic carbocycles. The summed E-state index contributed by atoms with van der Waals surface area (Å²) in [5.74, 6) is 1.68. The van der Waals surface area contributed by atoms with Crippen LogP contribution in [0.2, 0.25) is 0 Å². The van der Waals surface area contributed by atoms with Gasteiger partial charge in [-0.05, 0) is 55.7 Å². The van der Waals surface area contributed by atoms with Crippen LogP contribution in [0.3, 0.4) is 0 Å². The van der Waals surface area contributed by atoms with Crippen molar-refractivity contribution in [2.75, 3.05) is 6.61 Å². The second kappa shape index (κ2) is 11.0. The summed E-state index contributed by atoms with van der Waals surface area (Å²) in [6.07, 6.45) is 4.64. The van der Waals surface area contributed by atoms with Gasteiger partial charge in [0.2, 0.25) is 5.91 Å². The maximum Gasteiger partial charge on any atom is 0.220 e. The Morgan fingerprint density at radius 1 is 1.03 bits per heavy atom. The molecule has 0 aliphatic carbocycles. The van der Waals surface area contributed by atoms with Crippen molar-refractivity contribution in [1.29, 1.82) is 0 Å². The molecule has 0 bridgehead atoms. The Hall–Kier alpha value is -3.34. The number of nitrogens with zero attached hydrogens (tertiary/aromatic N) is 1. The normalized spacial score (nSPS) is 11.5. The van der Waals surface area contributed by atoms with E-state index in [1.165, 1.54) is 0 Å². The van der Waals surface area contributed by atoms with Crippen LogP contribution in [0, 0.1) is 6.92 Å². The van der Waals surface area contributed by atoms with Crippen LogP contribution in [-0.2, 0) is 11.4 Å². The van der Waals surface area contributed by atoms with E-state index in [0.29, 0.717) is 26.1 Å². The Labute approximate surface area is 178 Å². The Morgan fingerprint density at radius 3 is 2.57 bits per heavy atom. The van der Waals surface area contributed by atoms with Gasteiger partial charge in [-0.15, -0.1) is 0 Å². The molecule has 1 heterocycles. The number of carbonyl (C=O) groups excluding carboxylic acids is 1. The second-order valence-electron chi connectivity index (χ2n) is 7.23. The van der Waals surface area contributed by atoms with Crippen LogP contribution < -0.4 is 14.8 Å². The van der Waals surface area contributed by atoms with E-state index in [1.807, 2.05) is 74.5 Å². The van der Waals surface area contributed by atoms with E-state index in [0.717, 1.165) is 28.2 Å². The minimum absolute atomic E-state index is 0.0211. The summed E-state index contributed by atoms with van der Waals surface area (Å²) in [6, 6.07) is 19.5. The van der Waals surface area contributed by atoms with Gasteiger partial charge in [0.15, 0.2) is 0 Å². The lowest BCUT2D eigenvalue weighted by molar-refractivity contribution is -0.121. The van der Waals surface area contributed by atoms with Crippen LogP contribution in [-0.4, -0.2) is 17.5 Å². The fraction of sp³-hybridized carbons (Fsp3) is 0.280. The molecule has 3 rings (SSSR count). The van der Waals surface area contributed by atoms with Crippen LogP contribution >= 0.6 is 0 Å². The van der Waals surface area contributed by atoms with Gasteiger partial charge in [-0.2, -0.15) is 0 Å². The minimum Gasteiger partial charge on any atom is -0.493 e. The van der Waals surface area contributed by atoms with Gasteiger partial charge in [-0.25, -0.2) is 0 Å². The molecule has 30 heavy (non-hydrogen) atoms. The lowest BCUT2D eigenvalue weighted by atomic mass is 10.1. The van der Waals surface area contributed by atoms with Crippen LogP contribution in [0.25, 0.3) is 0 Å². The number of para-hydroxylation sites is 1. The Kier molecular flexibility index (Phi) is 7.84. The summed E-state index contributed by atoms with van der Waals surface area (Å²) in [5.41, 5.74) is 3.16. The summed E-state index contributed by atoms with van der Waals surface area (Å²) >= 11 is 0. The molecule has 1 unspecified atom stereocenters. The maximum absolute atomic E-state index is 12.2. The summed E-state index contributed by atoms with van der Waals surface area (Å²) in [5, 5.41) is 3.04. The van der Waals surface area contributed by atoms with Crippen molar-refractivity contribution in [3.05, 3.63) is 89.7 Å². The van der Waals surface area contributed by atoms with Gasteiger partial charge in [0.1, 0.15) is 18.1 Å². The van der Waals surface area contributed by atoms with Crippen LogP contribution in [0.5, 0.6) is 11.5 Å². The lowest BCUT2D eigenvalue weighted by Gasteiger charge is -2.15. The summed E-state index contributed by atoms with van der Waals surface area (Å²) < 4.78 is 11.5. The van der Waals surface area contributed by atoms with Crippen molar-refractivity contribution < 1.29 is 14.3 Å². The molecule has 1 amide bonds. The van der Waals surface area contributed by atoms with E-state index in [1.54, 1.807) is 12.4 Å². The molecular weight excluding hydrogens is 376 g/mol. The van der Waals surface area contributed by atoms with E-state index in [4.69, 9.17) is 9.47 Å². The number of rotatable bonds is 10. The van der Waals surface area contributed by atoms with Crippen molar-refractivity contribution in [2.45, 2.75) is 39.3 Å². The van der Waals surface area contributed by atoms with Crippen molar-refractivity contribution in [3.8, 4) is 11.5 Å². The molecule has 1 N–H and O–H groups in total. The summed E-state index contributed by atoms with van der Waals surface area (Å²) in [4.78, 5) is 16.3. The molecule has 0 aliphatic heterocycles. The first kappa shape index (κ1) is 21.4. The van der Waals surface area contributed by atoms with Crippen molar-refractivity contribution in [1.82, 2.24) is 10.3 Å². The molecule has 0 radical (unpaired) electrons. The Balaban J connectivity index is 1.38. The molecule has 0 spiro atoms. The van der Waals surface area contributed by atoms with Crippen LogP contribution in [0.1, 0.15) is 42.5 Å². The lowest BCUT2D eigenvalue weighted by Crippen LogP contribution is -2.26. The largest absolute Gasteiger partial charge is 0.493 e. The highest BCUT2D eigenvalue weighted by molar-refractivity contribution is 5.76. The third kappa shape index (κ3) is 6.62. The third-order valence-electron chi connectivity index (χ3n) is 4.79. The molecule has 5 heteroatoms. The fourth-order valence-corrected chi connectivity index (χ4v) is 3.03. The first-order valence-corrected chi connectivity index (χ1v) is 10.2. The van der Waals surface area contributed by atoms with Crippen LogP contribution in [0.15, 0.2) is 73.1 Å². The zero-order chi connectivity index (χ0) is 21.2. The van der Waals surface area contributed by atoms with Gasteiger partial charge < -0.3 is 14.8 Å². The number of benzene rings is 2. The van der Waals surface area contributed by atoms with Gasteiger partial charge in [0.05, 0.1) is 12.6 Å². The number of nitrogens with one attached hydrogen (secondary N) is 1. The maximum atomic E-state index is 12.2. The molecule has 5 nitrogen and oxygen atoms in total. The number of amides is 1. The number of aryl methyl sites for hydroxylation is 1. The smallest absolute Gasteiger partial charge is 0.220 e. The van der Waals surface area contributed by atoms with E-state index in [-0.39, 0.29) is 11.9 Å². The van der Waals surface area contributed by atoms with Crippen molar-refractivity contribution >= 4 is 5.91 Å². The van der Waals surface area contributed by atoms with E-state index in [9.17, 15) is 4.79 Å². The highest BCUT2D eigenvalue weighted by Crippen LogP contribution is 2.19. The Morgan fingerprint density at radius 2 is 1.83 bits per heavy atom. The third-order valence-corrected chi connectivity index (χ3v) is 4.79. The number of hydrogen-bond acceptors (Lipinski definition) is 4. The molecule has 1 aromatic heterocycles. The second-order valence-corrected chi connectivity index (χ2v) is 7.23. The van der Waals surface area contributed by atoms with Crippen molar-refractivity contribution in [2.24, 2.45) is 0 Å². The summed E-state index contributed by atoms with van der Waals surface area (Å²) in [7, 11) is 0. The van der Waals surface area contributed by atoms with Gasteiger partial charge in [-0.3, -0.25) is 9.78 Å². The predicted molar refractivity (Wildman–Crippen MR) is 117 cm³/mol. The molecule has 0 saturated heterocycles. The van der Waals surface area contributed by atoms with E-state index < -0.39 is 0 Å².